The second kappa shape index (κ2) is 7.21. The number of nitrogens with two attached hydrogens (primary N) is 1. The van der Waals surface area contributed by atoms with E-state index in [-0.39, 0.29) is 6.03 Å². The van der Waals surface area contributed by atoms with Gasteiger partial charge in [-0.1, -0.05) is 48.5 Å². The van der Waals surface area contributed by atoms with Crippen LogP contribution in [0.25, 0.3) is 11.1 Å². The smallest absolute Gasteiger partial charge is 0.326 e. The summed E-state index contributed by atoms with van der Waals surface area (Å²) in [5.74, 6) is 0.734. The quantitative estimate of drug-likeness (QED) is 0.772. The molecular weight excluding hydrogens is 336 g/mol. The number of urea groups is 1. The molecule has 1 aromatic heterocycles. The third kappa shape index (κ3) is 3.29. The highest BCUT2D eigenvalue weighted by molar-refractivity contribution is 5.95. The van der Waals surface area contributed by atoms with Crippen LogP contribution in [-0.2, 0) is 19.6 Å². The van der Waals surface area contributed by atoms with E-state index < -0.39 is 0 Å². The van der Waals surface area contributed by atoms with E-state index in [1.807, 2.05) is 55.6 Å². The SMILES string of the molecule is CN1Cc2c(-c3cccc(CN)c3)ccnc2N(Cc2ccccc2)C1=O. The predicted molar refractivity (Wildman–Crippen MR) is 107 cm³/mol. The topological polar surface area (TPSA) is 62.5 Å². The summed E-state index contributed by atoms with van der Waals surface area (Å²) in [6.07, 6.45) is 1.78. The van der Waals surface area contributed by atoms with Crippen molar-refractivity contribution in [1.29, 1.82) is 0 Å². The highest BCUT2D eigenvalue weighted by Crippen LogP contribution is 2.35. The van der Waals surface area contributed by atoms with Gasteiger partial charge in [0.05, 0.1) is 13.1 Å². The Balaban J connectivity index is 1.80. The van der Waals surface area contributed by atoms with Crippen LogP contribution in [0.2, 0.25) is 0 Å². The van der Waals surface area contributed by atoms with Crippen molar-refractivity contribution in [2.24, 2.45) is 5.73 Å². The van der Waals surface area contributed by atoms with E-state index in [4.69, 9.17) is 5.73 Å². The van der Waals surface area contributed by atoms with Gasteiger partial charge in [-0.2, -0.15) is 0 Å². The van der Waals surface area contributed by atoms with Gasteiger partial charge in [0.2, 0.25) is 0 Å². The molecule has 27 heavy (non-hydrogen) atoms. The van der Waals surface area contributed by atoms with E-state index in [0.717, 1.165) is 33.6 Å². The fourth-order valence-corrected chi connectivity index (χ4v) is 3.52. The number of pyridine rings is 1. The van der Waals surface area contributed by atoms with Gasteiger partial charge >= 0.3 is 6.03 Å². The molecule has 4 rings (SSSR count). The summed E-state index contributed by atoms with van der Waals surface area (Å²) >= 11 is 0. The lowest BCUT2D eigenvalue weighted by Gasteiger charge is -2.35. The number of hydrogen-bond acceptors (Lipinski definition) is 3. The monoisotopic (exact) mass is 358 g/mol. The largest absolute Gasteiger partial charge is 0.326 e. The number of nitrogens with zero attached hydrogens (tertiary/aromatic N) is 3. The molecule has 0 aliphatic carbocycles. The van der Waals surface area contributed by atoms with E-state index in [2.05, 4.69) is 17.1 Å². The van der Waals surface area contributed by atoms with E-state index in [1.54, 1.807) is 16.0 Å². The third-order valence-electron chi connectivity index (χ3n) is 4.90. The second-order valence-corrected chi connectivity index (χ2v) is 6.78. The van der Waals surface area contributed by atoms with Crippen molar-refractivity contribution in [3.63, 3.8) is 0 Å². The number of benzene rings is 2. The normalized spacial score (nSPS) is 13.6. The Kier molecular flexibility index (Phi) is 4.60. The zero-order chi connectivity index (χ0) is 18.8. The molecule has 0 saturated carbocycles. The number of hydrogen-bond donors (Lipinski definition) is 1. The van der Waals surface area contributed by atoms with Crippen molar-refractivity contribution in [2.45, 2.75) is 19.6 Å². The first-order valence-electron chi connectivity index (χ1n) is 9.01. The van der Waals surface area contributed by atoms with Crippen LogP contribution in [0.1, 0.15) is 16.7 Å². The van der Waals surface area contributed by atoms with Gasteiger partial charge in [0.25, 0.3) is 0 Å². The molecular formula is C22H22N4O. The van der Waals surface area contributed by atoms with Crippen LogP contribution >= 0.6 is 0 Å². The van der Waals surface area contributed by atoms with Crippen LogP contribution in [0, 0.1) is 0 Å². The maximum atomic E-state index is 12.8. The molecule has 0 atom stereocenters. The average molecular weight is 358 g/mol. The Hall–Kier alpha value is -3.18. The summed E-state index contributed by atoms with van der Waals surface area (Å²) in [6.45, 7) is 1.53. The minimum atomic E-state index is -0.0355. The summed E-state index contributed by atoms with van der Waals surface area (Å²) in [4.78, 5) is 20.9. The molecule has 2 aromatic carbocycles. The first-order valence-corrected chi connectivity index (χ1v) is 9.01. The molecule has 0 spiro atoms. The molecule has 0 radical (unpaired) electrons. The lowest BCUT2D eigenvalue weighted by Crippen LogP contribution is -2.45. The molecule has 136 valence electrons. The summed E-state index contributed by atoms with van der Waals surface area (Å²) in [5.41, 5.74) is 11.2. The van der Waals surface area contributed by atoms with Crippen molar-refractivity contribution in [3.8, 4) is 11.1 Å². The lowest BCUT2D eigenvalue weighted by atomic mass is 9.97. The third-order valence-corrected chi connectivity index (χ3v) is 4.90. The van der Waals surface area contributed by atoms with Crippen molar-refractivity contribution in [2.75, 3.05) is 11.9 Å². The van der Waals surface area contributed by atoms with E-state index in [0.29, 0.717) is 19.6 Å². The van der Waals surface area contributed by atoms with Gasteiger partial charge in [-0.05, 0) is 34.4 Å². The molecule has 0 saturated heterocycles. The zero-order valence-corrected chi connectivity index (χ0v) is 15.3. The molecule has 1 aliphatic rings. The van der Waals surface area contributed by atoms with Gasteiger partial charge in [-0.3, -0.25) is 4.90 Å². The minimum Gasteiger partial charge on any atom is -0.326 e. The van der Waals surface area contributed by atoms with Crippen LogP contribution in [0.4, 0.5) is 10.6 Å². The fourth-order valence-electron chi connectivity index (χ4n) is 3.52. The fraction of sp³-hybridized carbons (Fsp3) is 0.182. The summed E-state index contributed by atoms with van der Waals surface area (Å²) in [5, 5.41) is 0. The van der Waals surface area contributed by atoms with Gasteiger partial charge in [0.1, 0.15) is 5.82 Å². The molecule has 2 N–H and O–H groups in total. The number of amides is 2. The summed E-state index contributed by atoms with van der Waals surface area (Å²) in [6, 6.07) is 20.2. The standard InChI is InChI=1S/C22H22N4O/c1-25-15-20-19(18-9-5-8-17(12-18)13-23)10-11-24-21(20)26(22(25)27)14-16-6-3-2-4-7-16/h2-12H,13-15,23H2,1H3. The lowest BCUT2D eigenvalue weighted by molar-refractivity contribution is 0.209. The van der Waals surface area contributed by atoms with Crippen molar-refractivity contribution in [3.05, 3.63) is 83.6 Å². The molecule has 2 heterocycles. The maximum absolute atomic E-state index is 12.8. The Morgan fingerprint density at radius 2 is 1.81 bits per heavy atom. The Bertz CT molecular complexity index is 971. The molecule has 2 amide bonds. The summed E-state index contributed by atoms with van der Waals surface area (Å²) < 4.78 is 0. The Morgan fingerprint density at radius 1 is 1.04 bits per heavy atom. The van der Waals surface area contributed by atoms with Crippen LogP contribution in [0.3, 0.4) is 0 Å². The zero-order valence-electron chi connectivity index (χ0n) is 15.3. The average Bonchev–Trinajstić information content (AvgIpc) is 2.72. The molecule has 5 nitrogen and oxygen atoms in total. The molecule has 1 aliphatic heterocycles. The second-order valence-electron chi connectivity index (χ2n) is 6.78. The van der Waals surface area contributed by atoms with Crippen molar-refractivity contribution < 1.29 is 4.79 Å². The first kappa shape index (κ1) is 17.2. The first-order chi connectivity index (χ1) is 13.2. The number of anilines is 1. The van der Waals surface area contributed by atoms with E-state index in [9.17, 15) is 4.79 Å². The Labute approximate surface area is 159 Å². The highest BCUT2D eigenvalue weighted by atomic mass is 16.2. The molecule has 0 unspecified atom stereocenters. The van der Waals surface area contributed by atoms with Crippen LogP contribution in [-0.4, -0.2) is 23.0 Å². The van der Waals surface area contributed by atoms with Crippen LogP contribution in [0.15, 0.2) is 66.9 Å². The number of aromatic nitrogens is 1. The molecule has 0 fully saturated rings. The molecule has 5 heteroatoms. The number of rotatable bonds is 4. The van der Waals surface area contributed by atoms with E-state index in [1.165, 1.54) is 0 Å². The maximum Gasteiger partial charge on any atom is 0.326 e. The van der Waals surface area contributed by atoms with Crippen LogP contribution in [0.5, 0.6) is 0 Å². The van der Waals surface area contributed by atoms with Gasteiger partial charge in [-0.25, -0.2) is 9.78 Å². The van der Waals surface area contributed by atoms with Gasteiger partial charge in [0.15, 0.2) is 0 Å². The Morgan fingerprint density at radius 3 is 2.59 bits per heavy atom. The highest BCUT2D eigenvalue weighted by Gasteiger charge is 2.31. The van der Waals surface area contributed by atoms with Gasteiger partial charge in [0, 0.05) is 25.4 Å². The molecule has 3 aromatic rings. The molecule has 0 bridgehead atoms. The van der Waals surface area contributed by atoms with Crippen LogP contribution < -0.4 is 10.6 Å². The number of fused-ring (bicyclic) bond motifs is 1. The number of carbonyl (C=O) groups is 1. The summed E-state index contributed by atoms with van der Waals surface area (Å²) in [7, 11) is 1.83. The van der Waals surface area contributed by atoms with Gasteiger partial charge < -0.3 is 10.6 Å². The number of carbonyl (C=O) groups excluding carboxylic acids is 1. The minimum absolute atomic E-state index is 0.0355. The predicted octanol–water partition coefficient (Wildman–Crippen LogP) is 3.78. The van der Waals surface area contributed by atoms with Crippen molar-refractivity contribution >= 4 is 11.8 Å². The van der Waals surface area contributed by atoms with E-state index >= 15 is 0 Å². The van der Waals surface area contributed by atoms with Crippen molar-refractivity contribution in [1.82, 2.24) is 9.88 Å². The van der Waals surface area contributed by atoms with Gasteiger partial charge in [-0.15, -0.1) is 0 Å².